The van der Waals surface area contributed by atoms with Gasteiger partial charge >= 0.3 is 7.82 Å². The summed E-state index contributed by atoms with van der Waals surface area (Å²) in [5.74, 6) is 0. The third-order valence-electron chi connectivity index (χ3n) is 2.88. The molecular formula is C12H29NO4P+. The van der Waals surface area contributed by atoms with Crippen molar-refractivity contribution in [3.05, 3.63) is 0 Å². The number of phosphoric acid groups is 1. The van der Waals surface area contributed by atoms with Gasteiger partial charge in [-0.05, 0) is 26.2 Å². The maximum Gasteiger partial charge on any atom is 0.476 e. The Morgan fingerprint density at radius 2 is 1.39 bits per heavy atom. The van der Waals surface area contributed by atoms with Crippen LogP contribution in [0.1, 0.15) is 47.0 Å². The highest BCUT2D eigenvalue weighted by atomic mass is 31.2. The first-order chi connectivity index (χ1) is 8.45. The molecule has 0 aliphatic heterocycles. The van der Waals surface area contributed by atoms with Gasteiger partial charge < -0.3 is 9.38 Å². The van der Waals surface area contributed by atoms with Gasteiger partial charge in [0.25, 0.3) is 0 Å². The Hall–Kier alpha value is 0.0700. The van der Waals surface area contributed by atoms with Crippen LogP contribution in [-0.2, 0) is 13.6 Å². The van der Waals surface area contributed by atoms with Crippen LogP contribution in [-0.4, -0.2) is 42.3 Å². The van der Waals surface area contributed by atoms with Gasteiger partial charge in [-0.25, -0.2) is 9.09 Å². The van der Waals surface area contributed by atoms with Crippen LogP contribution in [0.5, 0.6) is 0 Å². The van der Waals surface area contributed by atoms with Crippen molar-refractivity contribution in [1.82, 2.24) is 0 Å². The van der Waals surface area contributed by atoms with Crippen LogP contribution in [0, 0.1) is 0 Å². The fraction of sp³-hybridized carbons (Fsp3) is 1.00. The van der Waals surface area contributed by atoms with Crippen molar-refractivity contribution in [2.75, 3.05) is 33.0 Å². The second-order valence-corrected chi connectivity index (χ2v) is 6.11. The summed E-state index contributed by atoms with van der Waals surface area (Å²) in [6.45, 7) is 11.4. The minimum Gasteiger partial charge on any atom is -0.302 e. The van der Waals surface area contributed by atoms with Gasteiger partial charge in [0.05, 0.1) is 26.2 Å². The normalized spacial score (nSPS) is 15.6. The van der Waals surface area contributed by atoms with Crippen molar-refractivity contribution >= 4 is 7.82 Å². The first kappa shape index (κ1) is 18.1. The standard InChI is InChI=1S/C12H28NO4P/c1-5-9-13(10-6-2,11-7-3)12-17-18(14,15)16-8-4/h5-12H2,1-4H3/p+1. The molecule has 6 heteroatoms. The summed E-state index contributed by atoms with van der Waals surface area (Å²) in [6, 6.07) is 0. The van der Waals surface area contributed by atoms with Crippen molar-refractivity contribution in [3.63, 3.8) is 0 Å². The molecule has 0 fully saturated rings. The van der Waals surface area contributed by atoms with Crippen molar-refractivity contribution in [3.8, 4) is 0 Å². The maximum atomic E-state index is 11.6. The zero-order valence-corrected chi connectivity index (χ0v) is 13.1. The molecule has 0 aromatic carbocycles. The first-order valence-corrected chi connectivity index (χ1v) is 8.41. The van der Waals surface area contributed by atoms with Crippen molar-refractivity contribution in [1.29, 1.82) is 0 Å². The van der Waals surface area contributed by atoms with Crippen molar-refractivity contribution in [2.45, 2.75) is 47.0 Å². The number of phosphoric ester groups is 1. The highest BCUT2D eigenvalue weighted by Crippen LogP contribution is 2.43. The fourth-order valence-corrected chi connectivity index (χ4v) is 3.14. The van der Waals surface area contributed by atoms with Gasteiger partial charge in [-0.15, -0.1) is 0 Å². The van der Waals surface area contributed by atoms with Gasteiger partial charge in [0, 0.05) is 0 Å². The smallest absolute Gasteiger partial charge is 0.302 e. The van der Waals surface area contributed by atoms with Crippen LogP contribution in [0.25, 0.3) is 0 Å². The Morgan fingerprint density at radius 1 is 0.944 bits per heavy atom. The second kappa shape index (κ2) is 9.05. The second-order valence-electron chi connectivity index (χ2n) is 4.66. The lowest BCUT2D eigenvalue weighted by Gasteiger charge is -2.37. The SMILES string of the molecule is CCC[N+](CCC)(CCC)COP(=O)(O)OCC. The molecule has 1 N–H and O–H groups in total. The maximum absolute atomic E-state index is 11.6. The molecule has 0 aliphatic carbocycles. The van der Waals surface area contributed by atoms with Crippen LogP contribution >= 0.6 is 7.82 Å². The minimum atomic E-state index is -3.88. The number of nitrogens with zero attached hydrogens (tertiary/aromatic N) is 1. The predicted molar refractivity (Wildman–Crippen MR) is 73.1 cm³/mol. The number of quaternary nitrogens is 1. The van der Waals surface area contributed by atoms with E-state index in [1.165, 1.54) is 0 Å². The zero-order valence-electron chi connectivity index (χ0n) is 12.2. The molecule has 110 valence electrons. The molecule has 0 saturated carbocycles. The summed E-state index contributed by atoms with van der Waals surface area (Å²) in [4.78, 5) is 9.48. The predicted octanol–water partition coefficient (Wildman–Crippen LogP) is 3.14. The average molecular weight is 282 g/mol. The average Bonchev–Trinajstić information content (AvgIpc) is 2.28. The molecule has 5 nitrogen and oxygen atoms in total. The summed E-state index contributed by atoms with van der Waals surface area (Å²) in [6.07, 6.45) is 3.11. The molecular weight excluding hydrogens is 253 g/mol. The molecule has 0 aromatic heterocycles. The molecule has 0 saturated heterocycles. The zero-order chi connectivity index (χ0) is 14.1. The van der Waals surface area contributed by atoms with Gasteiger partial charge in [-0.3, -0.25) is 4.52 Å². The lowest BCUT2D eigenvalue weighted by Crippen LogP contribution is -2.50. The molecule has 0 aromatic rings. The van der Waals surface area contributed by atoms with E-state index in [1.54, 1.807) is 6.92 Å². The van der Waals surface area contributed by atoms with Gasteiger partial charge in [0.1, 0.15) is 0 Å². The van der Waals surface area contributed by atoms with E-state index in [4.69, 9.17) is 9.05 Å². The summed E-state index contributed by atoms with van der Waals surface area (Å²) in [7, 11) is -3.88. The molecule has 0 heterocycles. The monoisotopic (exact) mass is 282 g/mol. The Labute approximate surface area is 111 Å². The molecule has 0 amide bonds. The molecule has 0 spiro atoms. The fourth-order valence-electron chi connectivity index (χ4n) is 2.35. The quantitative estimate of drug-likeness (QED) is 0.359. The number of hydrogen-bond donors (Lipinski definition) is 1. The van der Waals surface area contributed by atoms with E-state index in [-0.39, 0.29) is 13.3 Å². The lowest BCUT2D eigenvalue weighted by molar-refractivity contribution is -0.943. The topological polar surface area (TPSA) is 55.8 Å². The molecule has 0 rings (SSSR count). The van der Waals surface area contributed by atoms with Crippen LogP contribution in [0.15, 0.2) is 0 Å². The van der Waals surface area contributed by atoms with Gasteiger partial charge in [-0.1, -0.05) is 20.8 Å². The number of rotatable bonds is 11. The molecule has 18 heavy (non-hydrogen) atoms. The van der Waals surface area contributed by atoms with Gasteiger partial charge in [0.2, 0.25) is 0 Å². The van der Waals surface area contributed by atoms with Gasteiger partial charge in [-0.2, -0.15) is 0 Å². The molecule has 1 unspecified atom stereocenters. The number of hydrogen-bond acceptors (Lipinski definition) is 3. The van der Waals surface area contributed by atoms with Crippen molar-refractivity contribution < 1.29 is 23.0 Å². The van der Waals surface area contributed by atoms with E-state index < -0.39 is 7.82 Å². The van der Waals surface area contributed by atoms with E-state index in [9.17, 15) is 9.46 Å². The van der Waals surface area contributed by atoms with E-state index in [2.05, 4.69) is 20.8 Å². The van der Waals surface area contributed by atoms with Crippen molar-refractivity contribution in [2.24, 2.45) is 0 Å². The van der Waals surface area contributed by atoms with E-state index >= 15 is 0 Å². The lowest BCUT2D eigenvalue weighted by atomic mass is 10.2. The Morgan fingerprint density at radius 3 is 1.72 bits per heavy atom. The largest absolute Gasteiger partial charge is 0.476 e. The minimum absolute atomic E-state index is 0.184. The van der Waals surface area contributed by atoms with E-state index in [0.717, 1.165) is 43.4 Å². The molecule has 1 atom stereocenters. The van der Waals surface area contributed by atoms with Crippen LogP contribution in [0.2, 0.25) is 0 Å². The summed E-state index contributed by atoms with van der Waals surface area (Å²) < 4.78 is 22.2. The van der Waals surface area contributed by atoms with Crippen LogP contribution in [0.3, 0.4) is 0 Å². The summed E-state index contributed by atoms with van der Waals surface area (Å²) in [5.41, 5.74) is 0. The highest BCUT2D eigenvalue weighted by Gasteiger charge is 2.30. The highest BCUT2D eigenvalue weighted by molar-refractivity contribution is 7.47. The molecule has 0 radical (unpaired) electrons. The van der Waals surface area contributed by atoms with Gasteiger partial charge in [0.15, 0.2) is 6.73 Å². The Kier molecular flexibility index (Phi) is 9.09. The first-order valence-electron chi connectivity index (χ1n) is 6.92. The summed E-state index contributed by atoms with van der Waals surface area (Å²) in [5, 5.41) is 0. The van der Waals surface area contributed by atoms with E-state index in [1.807, 2.05) is 0 Å². The Bertz CT molecular complexity index is 243. The third-order valence-corrected chi connectivity index (χ3v) is 3.91. The molecule has 0 bridgehead atoms. The van der Waals surface area contributed by atoms with Crippen LogP contribution in [0.4, 0.5) is 0 Å². The van der Waals surface area contributed by atoms with Crippen LogP contribution < -0.4 is 0 Å². The molecule has 0 aliphatic rings. The summed E-state index contributed by atoms with van der Waals surface area (Å²) >= 11 is 0. The Balaban J connectivity index is 4.60. The van der Waals surface area contributed by atoms with E-state index in [0.29, 0.717) is 0 Å². The third kappa shape index (κ3) is 6.86.